The summed E-state index contributed by atoms with van der Waals surface area (Å²) < 4.78 is 8.56. The van der Waals surface area contributed by atoms with Gasteiger partial charge in [-0.25, -0.2) is 4.79 Å². The van der Waals surface area contributed by atoms with Crippen LogP contribution in [0.1, 0.15) is 71.4 Å². The van der Waals surface area contributed by atoms with Crippen LogP contribution in [-0.2, 0) is 19.9 Å². The fraction of sp³-hybridized carbons (Fsp3) is 0.407. The lowest BCUT2D eigenvalue weighted by molar-refractivity contribution is 0.0695. The van der Waals surface area contributed by atoms with Crippen molar-refractivity contribution >= 4 is 27.6 Å². The number of allylic oxidation sites excluding steroid dienone is 4. The van der Waals surface area contributed by atoms with Gasteiger partial charge in [0.25, 0.3) is 0 Å². The summed E-state index contributed by atoms with van der Waals surface area (Å²) in [7, 11) is 3.67. The second-order valence-electron chi connectivity index (χ2n) is 8.78. The molecule has 1 aliphatic heterocycles. The molecule has 4 rings (SSSR count). The van der Waals surface area contributed by atoms with Crippen LogP contribution in [0.4, 0.5) is 0 Å². The highest BCUT2D eigenvalue weighted by Gasteiger charge is 2.31. The van der Waals surface area contributed by atoms with Crippen molar-refractivity contribution in [1.29, 1.82) is 0 Å². The van der Waals surface area contributed by atoms with Gasteiger partial charge in [0, 0.05) is 22.9 Å². The normalized spacial score (nSPS) is 15.5. The number of halogens is 1. The third-order valence-corrected chi connectivity index (χ3v) is 7.24. The number of methoxy groups -OCH3 is 1. The van der Waals surface area contributed by atoms with Crippen LogP contribution in [0.15, 0.2) is 51.1 Å². The molecule has 0 saturated carbocycles. The van der Waals surface area contributed by atoms with E-state index in [2.05, 4.69) is 40.2 Å². The quantitative estimate of drug-likeness (QED) is 0.429. The number of carbonyl (C=O) groups is 1. The second kappa shape index (κ2) is 10.1. The molecule has 1 aromatic heterocycles. The molecule has 0 spiro atoms. The first kappa shape index (κ1) is 23.6. The molecule has 5 nitrogen and oxygen atoms in total. The van der Waals surface area contributed by atoms with Gasteiger partial charge >= 0.3 is 5.97 Å². The maximum absolute atomic E-state index is 11.9. The molecule has 0 saturated heterocycles. The number of nitrogens with zero attached hydrogens (tertiary/aromatic N) is 2. The van der Waals surface area contributed by atoms with Gasteiger partial charge in [-0.05, 0) is 87.1 Å². The molecule has 33 heavy (non-hydrogen) atoms. The molecule has 0 atom stereocenters. The molecule has 0 bridgehead atoms. The largest absolute Gasteiger partial charge is 0.496 e. The molecule has 174 valence electrons. The lowest BCUT2D eigenvalue weighted by Gasteiger charge is -2.22. The summed E-state index contributed by atoms with van der Waals surface area (Å²) in [5, 5.41) is 9.78. The van der Waals surface area contributed by atoms with Crippen LogP contribution >= 0.6 is 15.9 Å². The summed E-state index contributed by atoms with van der Waals surface area (Å²) in [6.07, 6.45) is 12.1. The molecule has 0 fully saturated rings. The maximum atomic E-state index is 11.9. The Labute approximate surface area is 204 Å². The van der Waals surface area contributed by atoms with Gasteiger partial charge in [0.2, 0.25) is 0 Å². The molecule has 1 N–H and O–H groups in total. The summed E-state index contributed by atoms with van der Waals surface area (Å²) in [5.41, 5.74) is 7.72. The number of ether oxygens (including phenoxy) is 1. The number of aliphatic imine (C=N–C) groups is 1. The van der Waals surface area contributed by atoms with Crippen LogP contribution in [0.5, 0.6) is 5.75 Å². The predicted molar refractivity (Wildman–Crippen MR) is 136 cm³/mol. The highest BCUT2D eigenvalue weighted by Crippen LogP contribution is 2.34. The van der Waals surface area contributed by atoms with E-state index in [0.717, 1.165) is 89.9 Å². The summed E-state index contributed by atoms with van der Waals surface area (Å²) in [5.74, 6) is 0.0787. The van der Waals surface area contributed by atoms with Crippen molar-refractivity contribution in [3.8, 4) is 5.75 Å². The number of aryl methyl sites for hydroxylation is 1. The Bertz CT molecular complexity index is 1170. The number of aromatic carboxylic acids is 1. The molecule has 2 aromatic rings. The van der Waals surface area contributed by atoms with Gasteiger partial charge in [0.15, 0.2) is 0 Å². The van der Waals surface area contributed by atoms with Gasteiger partial charge in [-0.1, -0.05) is 34.1 Å². The van der Waals surface area contributed by atoms with Crippen LogP contribution in [-0.4, -0.2) is 28.5 Å². The smallest absolute Gasteiger partial charge is 0.337 e. The molecule has 0 amide bonds. The summed E-state index contributed by atoms with van der Waals surface area (Å²) in [6.45, 7) is 1.89. The number of aromatic nitrogens is 1. The van der Waals surface area contributed by atoms with E-state index in [9.17, 15) is 9.90 Å². The molecule has 2 aliphatic rings. The van der Waals surface area contributed by atoms with Crippen molar-refractivity contribution in [3.05, 3.63) is 74.2 Å². The number of hydrogen-bond acceptors (Lipinski definition) is 3. The second-order valence-corrected chi connectivity index (χ2v) is 9.69. The fourth-order valence-corrected chi connectivity index (χ4v) is 5.30. The molecule has 2 heterocycles. The minimum absolute atomic E-state index is 0.449. The maximum Gasteiger partial charge on any atom is 0.337 e. The van der Waals surface area contributed by atoms with Crippen molar-refractivity contribution in [2.24, 2.45) is 12.0 Å². The number of rotatable bonds is 7. The van der Waals surface area contributed by atoms with Gasteiger partial charge in [-0.3, -0.25) is 4.99 Å². The Kier molecular flexibility index (Phi) is 7.23. The molecule has 0 unspecified atom stereocenters. The molecule has 6 heteroatoms. The van der Waals surface area contributed by atoms with Crippen LogP contribution in [0.2, 0.25) is 0 Å². The van der Waals surface area contributed by atoms with Gasteiger partial charge in [0.05, 0.1) is 24.1 Å². The van der Waals surface area contributed by atoms with E-state index in [4.69, 9.17) is 9.73 Å². The van der Waals surface area contributed by atoms with Crippen molar-refractivity contribution in [1.82, 2.24) is 4.57 Å². The summed E-state index contributed by atoms with van der Waals surface area (Å²) >= 11 is 3.50. The van der Waals surface area contributed by atoms with Crippen molar-refractivity contribution in [2.45, 2.75) is 58.3 Å². The van der Waals surface area contributed by atoms with Crippen LogP contribution in [0.3, 0.4) is 0 Å². The zero-order chi connectivity index (χ0) is 23.5. The average Bonchev–Trinajstić information content (AvgIpc) is 3.03. The summed E-state index contributed by atoms with van der Waals surface area (Å²) in [4.78, 5) is 17.0. The van der Waals surface area contributed by atoms with Crippen LogP contribution in [0, 0.1) is 6.92 Å². The minimum Gasteiger partial charge on any atom is -0.496 e. The lowest BCUT2D eigenvalue weighted by Crippen LogP contribution is -2.19. The van der Waals surface area contributed by atoms with Gasteiger partial charge in [0.1, 0.15) is 5.75 Å². The number of carboxylic acids is 1. The molecule has 1 aromatic carbocycles. The van der Waals surface area contributed by atoms with E-state index in [1.165, 1.54) is 11.1 Å². The van der Waals surface area contributed by atoms with E-state index in [-0.39, 0.29) is 0 Å². The Hall–Kier alpha value is -2.60. The predicted octanol–water partition coefficient (Wildman–Crippen LogP) is 6.56. The first-order valence-corrected chi connectivity index (χ1v) is 12.4. The first-order valence-electron chi connectivity index (χ1n) is 11.6. The molecule has 0 radical (unpaired) electrons. The van der Waals surface area contributed by atoms with Gasteiger partial charge in [-0.2, -0.15) is 0 Å². The van der Waals surface area contributed by atoms with Gasteiger partial charge < -0.3 is 14.4 Å². The SMILES string of the molecule is COc1cc(Br)ccc1CCCCC1=CCCC=C2CCc3c(C(=O)O)c(C)n(C)c3C2=N1. The van der Waals surface area contributed by atoms with E-state index in [1.807, 2.05) is 24.6 Å². The Morgan fingerprint density at radius 2 is 1.94 bits per heavy atom. The molecular weight excluding hydrogens is 480 g/mol. The minimum atomic E-state index is -0.845. The van der Waals surface area contributed by atoms with E-state index in [1.54, 1.807) is 7.11 Å². The third kappa shape index (κ3) is 4.86. The number of carboxylic acid groups (broad SMARTS) is 1. The van der Waals surface area contributed by atoms with E-state index in [0.29, 0.717) is 5.56 Å². The van der Waals surface area contributed by atoms with Crippen molar-refractivity contribution < 1.29 is 14.6 Å². The molecular formula is C27H31BrN2O3. The van der Waals surface area contributed by atoms with Gasteiger partial charge in [-0.15, -0.1) is 0 Å². The fourth-order valence-electron chi connectivity index (χ4n) is 4.96. The topological polar surface area (TPSA) is 63.8 Å². The average molecular weight is 511 g/mol. The van der Waals surface area contributed by atoms with E-state index < -0.39 is 5.97 Å². The lowest BCUT2D eigenvalue weighted by atomic mass is 9.87. The first-order chi connectivity index (χ1) is 15.9. The van der Waals surface area contributed by atoms with Crippen LogP contribution in [0.25, 0.3) is 0 Å². The van der Waals surface area contributed by atoms with Crippen molar-refractivity contribution in [2.75, 3.05) is 7.11 Å². The third-order valence-electron chi connectivity index (χ3n) is 6.75. The standard InChI is InChI=1S/C27H31BrN2O3/c1-17-24(27(31)32)22-15-13-19-9-5-7-11-21(29-25(19)26(22)30(17)2)10-6-4-8-18-12-14-20(28)16-23(18)33-3/h9,11-12,14,16H,4-8,10,13,15H2,1-3H3,(H,31,32). The zero-order valence-electron chi connectivity index (χ0n) is 19.6. The van der Waals surface area contributed by atoms with E-state index >= 15 is 0 Å². The number of benzene rings is 1. The number of unbranched alkanes of at least 4 members (excludes halogenated alkanes) is 1. The van der Waals surface area contributed by atoms with Crippen LogP contribution < -0.4 is 4.74 Å². The zero-order valence-corrected chi connectivity index (χ0v) is 21.2. The monoisotopic (exact) mass is 510 g/mol. The Morgan fingerprint density at radius 3 is 2.70 bits per heavy atom. The number of fused-ring (bicyclic) bond motifs is 3. The number of hydrogen-bond donors (Lipinski definition) is 1. The Morgan fingerprint density at radius 1 is 1.18 bits per heavy atom. The highest BCUT2D eigenvalue weighted by molar-refractivity contribution is 9.10. The van der Waals surface area contributed by atoms with Crippen molar-refractivity contribution in [3.63, 3.8) is 0 Å². The summed E-state index contributed by atoms with van der Waals surface area (Å²) in [6, 6.07) is 6.19. The highest BCUT2D eigenvalue weighted by atomic mass is 79.9. The Balaban J connectivity index is 1.53. The molecule has 1 aliphatic carbocycles.